The molecule has 0 aliphatic carbocycles. The maximum absolute atomic E-state index is 13.1. The molecule has 2 unspecified atom stereocenters. The number of amides is 1. The normalized spacial score (nSPS) is 14.1. The molecule has 0 fully saturated rings. The molecule has 160 valence electrons. The number of carbonyl (C=O) groups excluding carboxylic acids is 4. The number of ketones is 1. The van der Waals surface area contributed by atoms with Crippen LogP contribution in [0.25, 0.3) is 0 Å². The fraction of sp³-hybridized carbons (Fsp3) is 0.500. The number of benzene rings is 1. The van der Waals surface area contributed by atoms with Crippen LogP contribution in [0, 0.1) is 0 Å². The van der Waals surface area contributed by atoms with Gasteiger partial charge in [-0.25, -0.2) is 9.59 Å². The maximum atomic E-state index is 13.1. The molecule has 29 heavy (non-hydrogen) atoms. The molecule has 1 amide bonds. The third kappa shape index (κ3) is 6.86. The topological polar surface area (TPSA) is 128 Å². The number of Topliss-reactive ketones (excluding diaryl/α,β-unsaturated/α-hetero) is 1. The molecule has 1 rings (SSSR count). The van der Waals surface area contributed by atoms with Gasteiger partial charge in [0.25, 0.3) is 0 Å². The minimum absolute atomic E-state index is 0.133. The number of methoxy groups -OCH3 is 2. The van der Waals surface area contributed by atoms with Crippen molar-refractivity contribution in [1.82, 2.24) is 5.32 Å². The molecule has 0 saturated carbocycles. The summed E-state index contributed by atoms with van der Waals surface area (Å²) in [5, 5.41) is 13.3. The van der Waals surface area contributed by atoms with Crippen LogP contribution in [0.2, 0.25) is 0 Å². The average Bonchev–Trinajstić information content (AvgIpc) is 2.68. The number of rotatable bonds is 8. The first-order valence-corrected chi connectivity index (χ1v) is 8.91. The van der Waals surface area contributed by atoms with Crippen molar-refractivity contribution in [2.45, 2.75) is 50.9 Å². The third-order valence-electron chi connectivity index (χ3n) is 3.94. The maximum Gasteiger partial charge on any atom is 0.408 e. The molecule has 0 aliphatic heterocycles. The van der Waals surface area contributed by atoms with Crippen LogP contribution in [0.1, 0.15) is 44.0 Å². The molecule has 1 aromatic carbocycles. The van der Waals surface area contributed by atoms with Crippen molar-refractivity contribution in [2.75, 3.05) is 14.2 Å². The van der Waals surface area contributed by atoms with Crippen molar-refractivity contribution in [3.05, 3.63) is 35.9 Å². The zero-order chi connectivity index (χ0) is 22.2. The van der Waals surface area contributed by atoms with Gasteiger partial charge in [-0.1, -0.05) is 30.3 Å². The van der Waals surface area contributed by atoms with Crippen molar-refractivity contribution < 1.29 is 38.5 Å². The van der Waals surface area contributed by atoms with Gasteiger partial charge in [0.15, 0.2) is 11.4 Å². The van der Waals surface area contributed by atoms with Crippen LogP contribution >= 0.6 is 0 Å². The highest BCUT2D eigenvalue weighted by Crippen LogP contribution is 2.24. The first-order chi connectivity index (χ1) is 13.4. The second-order valence-corrected chi connectivity index (χ2v) is 7.30. The summed E-state index contributed by atoms with van der Waals surface area (Å²) in [5.41, 5.74) is -3.29. The first-order valence-electron chi connectivity index (χ1n) is 8.91. The molecule has 2 atom stereocenters. The molecular weight excluding hydrogens is 382 g/mol. The predicted octanol–water partition coefficient (Wildman–Crippen LogP) is 1.62. The van der Waals surface area contributed by atoms with Crippen molar-refractivity contribution in [3.63, 3.8) is 0 Å². The Balaban J connectivity index is 3.35. The number of ether oxygens (including phenoxy) is 3. The number of nitrogens with one attached hydrogen (secondary N) is 1. The number of hydrogen-bond acceptors (Lipinski definition) is 8. The SMILES string of the molecule is COC(=O)CCC(O)(C(=O)OC)C(NC(=O)OC(C)(C)C)C(=O)c1ccccc1. The molecule has 0 spiro atoms. The van der Waals surface area contributed by atoms with Gasteiger partial charge in [0.2, 0.25) is 0 Å². The highest BCUT2D eigenvalue weighted by molar-refractivity contribution is 6.05. The Morgan fingerprint density at radius 2 is 1.62 bits per heavy atom. The summed E-state index contributed by atoms with van der Waals surface area (Å²) >= 11 is 0. The number of esters is 2. The Morgan fingerprint density at radius 1 is 1.03 bits per heavy atom. The van der Waals surface area contributed by atoms with Crippen LogP contribution < -0.4 is 5.32 Å². The van der Waals surface area contributed by atoms with E-state index in [4.69, 9.17) is 4.74 Å². The lowest BCUT2D eigenvalue weighted by Crippen LogP contribution is -2.62. The van der Waals surface area contributed by atoms with Crippen LogP contribution in [0.4, 0.5) is 4.79 Å². The van der Waals surface area contributed by atoms with Crippen LogP contribution in [-0.2, 0) is 23.8 Å². The van der Waals surface area contributed by atoms with E-state index in [2.05, 4.69) is 14.8 Å². The number of carbonyl (C=O) groups is 4. The van der Waals surface area contributed by atoms with Gasteiger partial charge in [-0.15, -0.1) is 0 Å². The summed E-state index contributed by atoms with van der Waals surface area (Å²) in [7, 11) is 2.16. The van der Waals surface area contributed by atoms with Crippen LogP contribution in [-0.4, -0.2) is 60.4 Å². The van der Waals surface area contributed by atoms with E-state index in [9.17, 15) is 24.3 Å². The lowest BCUT2D eigenvalue weighted by molar-refractivity contribution is -0.166. The van der Waals surface area contributed by atoms with Crippen molar-refractivity contribution >= 4 is 23.8 Å². The average molecular weight is 409 g/mol. The number of alkyl carbamates (subject to hydrolysis) is 1. The summed E-state index contributed by atoms with van der Waals surface area (Å²) < 4.78 is 14.3. The lowest BCUT2D eigenvalue weighted by Gasteiger charge is -2.33. The Hall–Kier alpha value is -2.94. The van der Waals surface area contributed by atoms with Gasteiger partial charge < -0.3 is 24.6 Å². The van der Waals surface area contributed by atoms with E-state index < -0.39 is 53.9 Å². The minimum atomic E-state index is -2.53. The van der Waals surface area contributed by atoms with Gasteiger partial charge in [0.1, 0.15) is 11.6 Å². The second kappa shape index (κ2) is 10.0. The molecule has 0 bridgehead atoms. The van der Waals surface area contributed by atoms with Crippen molar-refractivity contribution in [3.8, 4) is 0 Å². The van der Waals surface area contributed by atoms with Gasteiger partial charge in [-0.05, 0) is 27.2 Å². The molecule has 0 aromatic heterocycles. The summed E-state index contributed by atoms with van der Waals surface area (Å²) in [6.07, 6.45) is -1.94. The zero-order valence-corrected chi connectivity index (χ0v) is 17.2. The van der Waals surface area contributed by atoms with Crippen molar-refractivity contribution in [1.29, 1.82) is 0 Å². The lowest BCUT2D eigenvalue weighted by atomic mass is 9.84. The molecule has 0 saturated heterocycles. The summed E-state index contributed by atoms with van der Waals surface area (Å²) in [5.74, 6) is -2.66. The number of aliphatic hydroxyl groups is 1. The monoisotopic (exact) mass is 409 g/mol. The summed E-state index contributed by atoms with van der Waals surface area (Å²) in [6, 6.07) is 6.01. The van der Waals surface area contributed by atoms with Crippen LogP contribution in [0.3, 0.4) is 0 Å². The van der Waals surface area contributed by atoms with Crippen LogP contribution in [0.5, 0.6) is 0 Å². The summed E-state index contributed by atoms with van der Waals surface area (Å²) in [6.45, 7) is 4.85. The quantitative estimate of drug-likeness (QED) is 0.377. The molecule has 9 heteroatoms. The Morgan fingerprint density at radius 3 is 2.10 bits per heavy atom. The Bertz CT molecular complexity index is 741. The number of hydrogen-bond donors (Lipinski definition) is 2. The van der Waals surface area contributed by atoms with Gasteiger partial charge in [-0.2, -0.15) is 0 Å². The molecule has 0 heterocycles. The molecular formula is C20H27NO8. The third-order valence-corrected chi connectivity index (χ3v) is 3.94. The summed E-state index contributed by atoms with van der Waals surface area (Å²) in [4.78, 5) is 49.4. The fourth-order valence-corrected chi connectivity index (χ4v) is 2.53. The van der Waals surface area contributed by atoms with Gasteiger partial charge >= 0.3 is 18.0 Å². The van der Waals surface area contributed by atoms with Gasteiger partial charge in [0.05, 0.1) is 14.2 Å². The zero-order valence-electron chi connectivity index (χ0n) is 17.2. The molecule has 1 aromatic rings. The highest BCUT2D eigenvalue weighted by atomic mass is 16.6. The van der Waals surface area contributed by atoms with E-state index in [0.29, 0.717) is 0 Å². The second-order valence-electron chi connectivity index (χ2n) is 7.30. The van der Waals surface area contributed by atoms with Crippen molar-refractivity contribution in [2.24, 2.45) is 0 Å². The van der Waals surface area contributed by atoms with E-state index in [0.717, 1.165) is 14.2 Å². The van der Waals surface area contributed by atoms with E-state index in [1.165, 1.54) is 12.1 Å². The molecule has 2 N–H and O–H groups in total. The van der Waals surface area contributed by atoms with Crippen LogP contribution in [0.15, 0.2) is 30.3 Å². The van der Waals surface area contributed by atoms with Gasteiger partial charge in [0, 0.05) is 12.0 Å². The highest BCUT2D eigenvalue weighted by Gasteiger charge is 2.50. The molecule has 0 radical (unpaired) electrons. The standard InChI is InChI=1S/C20H27NO8/c1-19(2,3)29-18(25)21-16(15(23)13-9-7-6-8-10-13)20(26,17(24)28-5)12-11-14(22)27-4/h6-10,16,26H,11-12H2,1-5H3,(H,21,25). The van der Waals surface area contributed by atoms with E-state index in [-0.39, 0.29) is 5.56 Å². The minimum Gasteiger partial charge on any atom is -0.469 e. The molecule has 0 aliphatic rings. The smallest absolute Gasteiger partial charge is 0.408 e. The largest absolute Gasteiger partial charge is 0.469 e. The Kier molecular flexibility index (Phi) is 8.32. The molecule has 9 nitrogen and oxygen atoms in total. The predicted molar refractivity (Wildman–Crippen MR) is 102 cm³/mol. The Labute approximate surface area is 169 Å². The van der Waals surface area contributed by atoms with Gasteiger partial charge in [-0.3, -0.25) is 9.59 Å². The first kappa shape index (κ1) is 24.1. The van der Waals surface area contributed by atoms with E-state index in [1.54, 1.807) is 39.0 Å². The van der Waals surface area contributed by atoms with E-state index in [1.807, 2.05) is 0 Å². The van der Waals surface area contributed by atoms with E-state index >= 15 is 0 Å². The fourth-order valence-electron chi connectivity index (χ4n) is 2.53.